The third-order valence-corrected chi connectivity index (χ3v) is 3.54. The van der Waals surface area contributed by atoms with Crippen molar-refractivity contribution < 1.29 is 9.53 Å². The van der Waals surface area contributed by atoms with E-state index in [0.717, 1.165) is 41.9 Å². The van der Waals surface area contributed by atoms with Gasteiger partial charge in [0.2, 0.25) is 5.91 Å². The number of hydrogen-bond donors (Lipinski definition) is 1. The smallest absolute Gasteiger partial charge is 0.243 e. The first-order valence-electron chi connectivity index (χ1n) is 7.96. The number of unbranched alkanes of at least 4 members (excludes halogenated alkanes) is 1. The Labute approximate surface area is 138 Å². The molecule has 0 fully saturated rings. The van der Waals surface area contributed by atoms with Crippen molar-refractivity contribution in [2.24, 2.45) is 0 Å². The topological polar surface area (TPSA) is 38.3 Å². The van der Waals surface area contributed by atoms with E-state index in [-0.39, 0.29) is 5.91 Å². The molecule has 23 heavy (non-hydrogen) atoms. The predicted octanol–water partition coefficient (Wildman–Crippen LogP) is 4.29. The highest BCUT2D eigenvalue weighted by Gasteiger charge is 2.06. The van der Waals surface area contributed by atoms with Gasteiger partial charge in [-0.05, 0) is 41.3 Å². The summed E-state index contributed by atoms with van der Waals surface area (Å²) in [5.41, 5.74) is 3.15. The lowest BCUT2D eigenvalue weighted by Crippen LogP contribution is -2.13. The van der Waals surface area contributed by atoms with Crippen LogP contribution in [0.3, 0.4) is 0 Å². The van der Waals surface area contributed by atoms with Crippen molar-refractivity contribution in [2.75, 3.05) is 13.7 Å². The van der Waals surface area contributed by atoms with Gasteiger partial charge in [0.05, 0.1) is 6.61 Å². The van der Waals surface area contributed by atoms with Gasteiger partial charge in [-0.2, -0.15) is 0 Å². The molecule has 120 valence electrons. The molecule has 0 heterocycles. The summed E-state index contributed by atoms with van der Waals surface area (Å²) in [6.07, 6.45) is 5.52. The molecule has 0 saturated carbocycles. The van der Waals surface area contributed by atoms with Crippen molar-refractivity contribution in [1.82, 2.24) is 5.32 Å². The van der Waals surface area contributed by atoms with E-state index >= 15 is 0 Å². The molecular weight excluding hydrogens is 286 g/mol. The maximum Gasteiger partial charge on any atom is 0.243 e. The number of hydrogen-bond acceptors (Lipinski definition) is 2. The van der Waals surface area contributed by atoms with Gasteiger partial charge in [-0.25, -0.2) is 0 Å². The van der Waals surface area contributed by atoms with Crippen molar-refractivity contribution >= 4 is 12.0 Å². The van der Waals surface area contributed by atoms with Crippen molar-refractivity contribution in [2.45, 2.75) is 19.8 Å². The zero-order valence-corrected chi connectivity index (χ0v) is 13.7. The average Bonchev–Trinajstić information content (AvgIpc) is 2.61. The summed E-state index contributed by atoms with van der Waals surface area (Å²) in [5.74, 6) is 0.738. The fraction of sp³-hybridized carbons (Fsp3) is 0.250. The molecule has 0 aliphatic carbocycles. The van der Waals surface area contributed by atoms with Gasteiger partial charge in [0.1, 0.15) is 5.75 Å². The predicted molar refractivity (Wildman–Crippen MR) is 95.4 cm³/mol. The van der Waals surface area contributed by atoms with Crippen molar-refractivity contribution in [3.8, 4) is 16.9 Å². The molecule has 2 rings (SSSR count). The first-order chi connectivity index (χ1) is 11.2. The average molecular weight is 309 g/mol. The number of rotatable bonds is 7. The van der Waals surface area contributed by atoms with Crippen LogP contribution in [0.4, 0.5) is 0 Å². The van der Waals surface area contributed by atoms with Gasteiger partial charge < -0.3 is 10.1 Å². The molecule has 0 saturated heterocycles. The van der Waals surface area contributed by atoms with Crippen LogP contribution in [-0.2, 0) is 4.79 Å². The summed E-state index contributed by atoms with van der Waals surface area (Å²) in [6, 6.07) is 16.1. The highest BCUT2D eigenvalue weighted by atomic mass is 16.5. The van der Waals surface area contributed by atoms with Gasteiger partial charge in [0.25, 0.3) is 0 Å². The molecule has 0 spiro atoms. The maximum absolute atomic E-state index is 11.5. The Morgan fingerprint density at radius 3 is 2.65 bits per heavy atom. The van der Waals surface area contributed by atoms with E-state index in [1.165, 1.54) is 0 Å². The Hall–Kier alpha value is -2.55. The summed E-state index contributed by atoms with van der Waals surface area (Å²) >= 11 is 0. The molecular formula is C20H23NO2. The number of amides is 1. The Balaban J connectivity index is 2.33. The monoisotopic (exact) mass is 309 g/mol. The normalized spacial score (nSPS) is 10.7. The highest BCUT2D eigenvalue weighted by Crippen LogP contribution is 2.29. The molecule has 1 amide bonds. The fourth-order valence-corrected chi connectivity index (χ4v) is 2.22. The zero-order valence-electron chi connectivity index (χ0n) is 13.7. The first-order valence-corrected chi connectivity index (χ1v) is 7.96. The van der Waals surface area contributed by atoms with Gasteiger partial charge in [0.15, 0.2) is 0 Å². The number of carbonyl (C=O) groups is 1. The fourth-order valence-electron chi connectivity index (χ4n) is 2.22. The van der Waals surface area contributed by atoms with Crippen molar-refractivity contribution in [3.63, 3.8) is 0 Å². The van der Waals surface area contributed by atoms with E-state index in [1.54, 1.807) is 13.1 Å². The molecule has 0 unspecified atom stereocenters. The molecule has 1 N–H and O–H groups in total. The minimum absolute atomic E-state index is 0.118. The van der Waals surface area contributed by atoms with Gasteiger partial charge in [-0.3, -0.25) is 4.79 Å². The van der Waals surface area contributed by atoms with Crippen LogP contribution in [-0.4, -0.2) is 19.6 Å². The summed E-state index contributed by atoms with van der Waals surface area (Å²) in [5, 5.41) is 2.59. The van der Waals surface area contributed by atoms with Crippen LogP contribution in [0.25, 0.3) is 17.2 Å². The number of ether oxygens (including phenoxy) is 1. The van der Waals surface area contributed by atoms with Gasteiger partial charge in [0, 0.05) is 13.1 Å². The van der Waals surface area contributed by atoms with E-state index in [2.05, 4.69) is 24.4 Å². The lowest BCUT2D eigenvalue weighted by atomic mass is 9.99. The molecule has 2 aromatic carbocycles. The second-order valence-corrected chi connectivity index (χ2v) is 5.26. The molecule has 0 radical (unpaired) electrons. The van der Waals surface area contributed by atoms with E-state index in [9.17, 15) is 4.79 Å². The van der Waals surface area contributed by atoms with Crippen molar-refractivity contribution in [1.29, 1.82) is 0 Å². The van der Waals surface area contributed by atoms with Crippen LogP contribution < -0.4 is 10.1 Å². The molecule has 0 bridgehead atoms. The highest BCUT2D eigenvalue weighted by molar-refractivity contribution is 5.93. The van der Waals surface area contributed by atoms with Crippen LogP contribution >= 0.6 is 0 Å². The number of carbonyl (C=O) groups excluding carboxylic acids is 1. The van der Waals surface area contributed by atoms with Gasteiger partial charge >= 0.3 is 0 Å². The Morgan fingerprint density at radius 1 is 1.17 bits per heavy atom. The molecule has 0 aliphatic heterocycles. The van der Waals surface area contributed by atoms with Crippen LogP contribution in [0.15, 0.2) is 54.6 Å². The van der Waals surface area contributed by atoms with E-state index in [1.807, 2.05) is 42.5 Å². The standard InChI is InChI=1S/C20H23NO2/c1-3-4-14-23-18-12-10-17(11-13-20(22)21-2)19(15-18)16-8-6-5-7-9-16/h5-13,15H,3-4,14H2,1-2H3,(H,21,22)/b13-11+. The second-order valence-electron chi connectivity index (χ2n) is 5.26. The Bertz CT molecular complexity index is 663. The Kier molecular flexibility index (Phi) is 6.42. The molecule has 3 nitrogen and oxygen atoms in total. The number of likely N-dealkylation sites (N-methyl/N-ethyl adjacent to an activating group) is 1. The number of benzene rings is 2. The lowest BCUT2D eigenvalue weighted by Gasteiger charge is -2.11. The summed E-state index contributed by atoms with van der Waals surface area (Å²) in [4.78, 5) is 11.5. The first kappa shape index (κ1) is 16.8. The minimum Gasteiger partial charge on any atom is -0.494 e. The third kappa shape index (κ3) is 4.99. The minimum atomic E-state index is -0.118. The van der Waals surface area contributed by atoms with Crippen LogP contribution in [0.2, 0.25) is 0 Å². The Morgan fingerprint density at radius 2 is 1.96 bits per heavy atom. The second kappa shape index (κ2) is 8.79. The SMILES string of the molecule is CCCCOc1ccc(/C=C/C(=O)NC)c(-c2ccccc2)c1. The van der Waals surface area contributed by atoms with E-state index in [4.69, 9.17) is 4.74 Å². The third-order valence-electron chi connectivity index (χ3n) is 3.54. The van der Waals surface area contributed by atoms with E-state index < -0.39 is 0 Å². The summed E-state index contributed by atoms with van der Waals surface area (Å²) in [6.45, 7) is 2.86. The summed E-state index contributed by atoms with van der Waals surface area (Å²) in [7, 11) is 1.62. The molecule has 3 heteroatoms. The molecule has 0 atom stereocenters. The lowest BCUT2D eigenvalue weighted by molar-refractivity contribution is -0.115. The maximum atomic E-state index is 11.5. The van der Waals surface area contributed by atoms with Gasteiger partial charge in [-0.15, -0.1) is 0 Å². The van der Waals surface area contributed by atoms with Crippen LogP contribution in [0.5, 0.6) is 5.75 Å². The summed E-state index contributed by atoms with van der Waals surface area (Å²) < 4.78 is 5.81. The largest absolute Gasteiger partial charge is 0.494 e. The zero-order chi connectivity index (χ0) is 16.5. The van der Waals surface area contributed by atoms with Crippen LogP contribution in [0.1, 0.15) is 25.3 Å². The molecule has 0 aromatic heterocycles. The molecule has 0 aliphatic rings. The van der Waals surface area contributed by atoms with Crippen molar-refractivity contribution in [3.05, 3.63) is 60.2 Å². The van der Waals surface area contributed by atoms with Gasteiger partial charge in [-0.1, -0.05) is 49.7 Å². The quantitative estimate of drug-likeness (QED) is 0.612. The molecule has 2 aromatic rings. The van der Waals surface area contributed by atoms with Crippen LogP contribution in [0, 0.1) is 0 Å². The van der Waals surface area contributed by atoms with E-state index in [0.29, 0.717) is 0 Å². The number of nitrogens with one attached hydrogen (secondary N) is 1.